The van der Waals surface area contributed by atoms with Crippen LogP contribution in [-0.2, 0) is 21.2 Å². The molecular weight excluding hydrogens is 290 g/mol. The molecule has 0 aromatic heterocycles. The highest BCUT2D eigenvalue weighted by atomic mass is 32.2. The SMILES string of the molecule is O=S(=O)(c1ccc(CCO)cc1)N1CCOC2CCCC21. The van der Waals surface area contributed by atoms with E-state index in [9.17, 15) is 8.42 Å². The highest BCUT2D eigenvalue weighted by molar-refractivity contribution is 7.89. The number of aliphatic hydroxyl groups excluding tert-OH is 1. The Morgan fingerprint density at radius 3 is 2.71 bits per heavy atom. The van der Waals surface area contributed by atoms with Crippen molar-refractivity contribution in [1.82, 2.24) is 4.31 Å². The minimum absolute atomic E-state index is 0.0131. The molecule has 2 unspecified atom stereocenters. The molecular formula is C15H21NO4S. The van der Waals surface area contributed by atoms with Crippen LogP contribution in [0.1, 0.15) is 24.8 Å². The first-order valence-corrected chi connectivity index (χ1v) is 8.90. The summed E-state index contributed by atoms with van der Waals surface area (Å²) in [5.74, 6) is 0. The van der Waals surface area contributed by atoms with Crippen molar-refractivity contribution in [2.75, 3.05) is 19.8 Å². The van der Waals surface area contributed by atoms with Gasteiger partial charge in [0.2, 0.25) is 10.0 Å². The van der Waals surface area contributed by atoms with Crippen LogP contribution < -0.4 is 0 Å². The van der Waals surface area contributed by atoms with Gasteiger partial charge in [0.05, 0.1) is 23.6 Å². The van der Waals surface area contributed by atoms with Crippen molar-refractivity contribution in [3.8, 4) is 0 Å². The number of rotatable bonds is 4. The minimum atomic E-state index is -3.46. The highest BCUT2D eigenvalue weighted by Crippen LogP contribution is 2.33. The molecule has 1 aliphatic heterocycles. The fraction of sp³-hybridized carbons (Fsp3) is 0.600. The number of fused-ring (bicyclic) bond motifs is 1. The maximum atomic E-state index is 12.8. The number of hydrogen-bond donors (Lipinski definition) is 1. The molecule has 1 N–H and O–H groups in total. The lowest BCUT2D eigenvalue weighted by Crippen LogP contribution is -2.51. The van der Waals surface area contributed by atoms with Gasteiger partial charge in [0.15, 0.2) is 0 Å². The van der Waals surface area contributed by atoms with Crippen molar-refractivity contribution >= 4 is 10.0 Å². The third-order valence-electron chi connectivity index (χ3n) is 4.36. The lowest BCUT2D eigenvalue weighted by atomic mass is 10.2. The zero-order valence-corrected chi connectivity index (χ0v) is 12.8. The highest BCUT2D eigenvalue weighted by Gasteiger charge is 2.42. The van der Waals surface area contributed by atoms with Gasteiger partial charge in [-0.2, -0.15) is 4.31 Å². The summed E-state index contributed by atoms with van der Waals surface area (Å²) in [6.07, 6.45) is 3.46. The predicted octanol–water partition coefficient (Wildman–Crippen LogP) is 1.16. The van der Waals surface area contributed by atoms with E-state index in [1.54, 1.807) is 28.6 Å². The molecule has 0 spiro atoms. The van der Waals surface area contributed by atoms with E-state index in [1.165, 1.54) is 0 Å². The maximum absolute atomic E-state index is 12.8. The summed E-state index contributed by atoms with van der Waals surface area (Å²) in [5.41, 5.74) is 0.942. The smallest absolute Gasteiger partial charge is 0.243 e. The molecule has 1 heterocycles. The summed E-state index contributed by atoms with van der Waals surface area (Å²) in [4.78, 5) is 0.330. The Hall–Kier alpha value is -0.950. The van der Waals surface area contributed by atoms with Crippen LogP contribution in [0.15, 0.2) is 29.2 Å². The molecule has 0 bridgehead atoms. The molecule has 1 aromatic carbocycles. The van der Waals surface area contributed by atoms with Crippen LogP contribution in [0.25, 0.3) is 0 Å². The summed E-state index contributed by atoms with van der Waals surface area (Å²) in [5, 5.41) is 8.92. The second-order valence-electron chi connectivity index (χ2n) is 5.64. The van der Waals surface area contributed by atoms with E-state index >= 15 is 0 Å². The van der Waals surface area contributed by atoms with Gasteiger partial charge < -0.3 is 9.84 Å². The third kappa shape index (κ3) is 2.85. The van der Waals surface area contributed by atoms with Gasteiger partial charge in [-0.1, -0.05) is 12.1 Å². The van der Waals surface area contributed by atoms with Gasteiger partial charge in [0, 0.05) is 13.2 Å². The Morgan fingerprint density at radius 2 is 2.00 bits per heavy atom. The van der Waals surface area contributed by atoms with Gasteiger partial charge in [0.1, 0.15) is 0 Å². The van der Waals surface area contributed by atoms with Crippen molar-refractivity contribution in [3.05, 3.63) is 29.8 Å². The molecule has 3 rings (SSSR count). The molecule has 0 radical (unpaired) electrons. The lowest BCUT2D eigenvalue weighted by molar-refractivity contribution is -0.0241. The third-order valence-corrected chi connectivity index (χ3v) is 6.30. The molecule has 1 aromatic rings. The van der Waals surface area contributed by atoms with Crippen molar-refractivity contribution in [1.29, 1.82) is 0 Å². The predicted molar refractivity (Wildman–Crippen MR) is 78.5 cm³/mol. The van der Waals surface area contributed by atoms with Gasteiger partial charge >= 0.3 is 0 Å². The van der Waals surface area contributed by atoms with E-state index in [4.69, 9.17) is 9.84 Å². The summed E-state index contributed by atoms with van der Waals surface area (Å²) in [6.45, 7) is 0.976. The molecule has 0 amide bonds. The second kappa shape index (κ2) is 6.04. The first kappa shape index (κ1) is 15.0. The number of benzene rings is 1. The molecule has 1 aliphatic carbocycles. The van der Waals surface area contributed by atoms with Crippen molar-refractivity contribution in [3.63, 3.8) is 0 Å². The average Bonchev–Trinajstić information content (AvgIpc) is 2.96. The van der Waals surface area contributed by atoms with Crippen molar-refractivity contribution < 1.29 is 18.3 Å². The van der Waals surface area contributed by atoms with E-state index in [0.29, 0.717) is 24.5 Å². The Kier molecular flexibility index (Phi) is 4.31. The van der Waals surface area contributed by atoms with Crippen LogP contribution in [0.2, 0.25) is 0 Å². The molecule has 6 heteroatoms. The van der Waals surface area contributed by atoms with Gasteiger partial charge in [0.25, 0.3) is 0 Å². The Bertz CT molecular complexity index is 584. The first-order chi connectivity index (χ1) is 10.1. The zero-order chi connectivity index (χ0) is 14.9. The fourth-order valence-electron chi connectivity index (χ4n) is 3.28. The number of aliphatic hydroxyl groups is 1. The topological polar surface area (TPSA) is 66.8 Å². The molecule has 21 heavy (non-hydrogen) atoms. The Labute approximate surface area is 125 Å². The van der Waals surface area contributed by atoms with Crippen LogP contribution in [0.4, 0.5) is 0 Å². The molecule has 1 saturated carbocycles. The summed E-state index contributed by atoms with van der Waals surface area (Å²) in [7, 11) is -3.46. The number of sulfonamides is 1. The number of nitrogens with zero attached hydrogens (tertiary/aromatic N) is 1. The summed E-state index contributed by atoms with van der Waals surface area (Å²) in [6, 6.07) is 6.81. The fourth-order valence-corrected chi connectivity index (χ4v) is 4.94. The van der Waals surface area contributed by atoms with E-state index < -0.39 is 10.0 Å². The zero-order valence-electron chi connectivity index (χ0n) is 11.9. The van der Waals surface area contributed by atoms with E-state index in [-0.39, 0.29) is 18.8 Å². The van der Waals surface area contributed by atoms with Crippen LogP contribution in [0, 0.1) is 0 Å². The van der Waals surface area contributed by atoms with Crippen LogP contribution in [0.3, 0.4) is 0 Å². The molecule has 5 nitrogen and oxygen atoms in total. The van der Waals surface area contributed by atoms with Crippen LogP contribution in [-0.4, -0.2) is 49.7 Å². The number of ether oxygens (including phenoxy) is 1. The Morgan fingerprint density at radius 1 is 1.24 bits per heavy atom. The molecule has 2 aliphatic rings. The van der Waals surface area contributed by atoms with Gasteiger partial charge in [-0.25, -0.2) is 8.42 Å². The standard InChI is InChI=1S/C15H21NO4S/c17-10-8-12-4-6-13(7-5-12)21(18,19)16-9-11-20-15-3-1-2-14(15)16/h4-7,14-15,17H,1-3,8-11H2. The maximum Gasteiger partial charge on any atom is 0.243 e. The summed E-state index contributed by atoms with van der Waals surface area (Å²) >= 11 is 0. The monoisotopic (exact) mass is 311 g/mol. The average molecular weight is 311 g/mol. The van der Waals surface area contributed by atoms with Gasteiger partial charge in [-0.05, 0) is 43.4 Å². The number of hydrogen-bond acceptors (Lipinski definition) is 4. The minimum Gasteiger partial charge on any atom is -0.396 e. The second-order valence-corrected chi connectivity index (χ2v) is 7.53. The molecule has 116 valence electrons. The molecule has 2 fully saturated rings. The molecule has 1 saturated heterocycles. The van der Waals surface area contributed by atoms with Crippen molar-refractivity contribution in [2.24, 2.45) is 0 Å². The van der Waals surface area contributed by atoms with Crippen LogP contribution >= 0.6 is 0 Å². The largest absolute Gasteiger partial charge is 0.396 e. The lowest BCUT2D eigenvalue weighted by Gasteiger charge is -2.36. The summed E-state index contributed by atoms with van der Waals surface area (Å²) < 4.78 is 32.9. The Balaban J connectivity index is 1.85. The normalized spacial score (nSPS) is 26.7. The first-order valence-electron chi connectivity index (χ1n) is 7.46. The van der Waals surface area contributed by atoms with E-state index in [1.807, 2.05) is 0 Å². The quantitative estimate of drug-likeness (QED) is 0.906. The van der Waals surface area contributed by atoms with Crippen molar-refractivity contribution in [2.45, 2.75) is 42.7 Å². The molecule has 2 atom stereocenters. The van der Waals surface area contributed by atoms with E-state index in [0.717, 1.165) is 24.8 Å². The number of morpholine rings is 1. The van der Waals surface area contributed by atoms with Crippen LogP contribution in [0.5, 0.6) is 0 Å². The van der Waals surface area contributed by atoms with Gasteiger partial charge in [-0.15, -0.1) is 0 Å². The van der Waals surface area contributed by atoms with Gasteiger partial charge in [-0.3, -0.25) is 0 Å². The van der Waals surface area contributed by atoms with E-state index in [2.05, 4.69) is 0 Å².